The molecule has 0 unspecified atom stereocenters. The molecule has 0 amide bonds. The number of imidazole rings is 1. The first-order valence-electron chi connectivity index (χ1n) is 5.65. The maximum Gasteiger partial charge on any atom is 0.335 e. The number of carboxylic acids is 1. The van der Waals surface area contributed by atoms with Gasteiger partial charge in [-0.2, -0.15) is 0 Å². The van der Waals surface area contributed by atoms with E-state index in [0.29, 0.717) is 11.3 Å². The summed E-state index contributed by atoms with van der Waals surface area (Å²) in [6, 6.07) is 4.80. The summed E-state index contributed by atoms with van der Waals surface area (Å²) >= 11 is 0. The highest BCUT2D eigenvalue weighted by atomic mass is 16.4. The monoisotopic (exact) mass is 254 g/mol. The number of hydrogen-bond acceptors (Lipinski definition) is 4. The number of aromatic carboxylic acids is 1. The fraction of sp³-hybridized carbons (Fsp3) is 0.0769. The summed E-state index contributed by atoms with van der Waals surface area (Å²) in [6.45, 7) is 1.87. The third kappa shape index (κ3) is 1.83. The van der Waals surface area contributed by atoms with E-state index in [1.54, 1.807) is 18.3 Å². The van der Waals surface area contributed by atoms with Crippen LogP contribution in [0.2, 0.25) is 0 Å². The number of carbonyl (C=O) groups is 1. The average molecular weight is 254 g/mol. The van der Waals surface area contributed by atoms with Gasteiger partial charge in [-0.1, -0.05) is 0 Å². The molecule has 19 heavy (non-hydrogen) atoms. The van der Waals surface area contributed by atoms with Crippen molar-refractivity contribution < 1.29 is 9.90 Å². The Labute approximate surface area is 108 Å². The van der Waals surface area contributed by atoms with E-state index in [-0.39, 0.29) is 5.56 Å². The van der Waals surface area contributed by atoms with E-state index in [2.05, 4.69) is 15.0 Å². The summed E-state index contributed by atoms with van der Waals surface area (Å²) in [5.41, 5.74) is 0.803. The number of aryl methyl sites for hydroxylation is 1. The summed E-state index contributed by atoms with van der Waals surface area (Å²) in [5.74, 6) is 0.528. The standard InChI is InChI=1S/C13H10N4O2/c1-8-14-4-5-17(8)12-10-3-2-9(13(18)19)6-11(10)15-7-16-12/h2-7H,1H3,(H,18,19). The molecular weight excluding hydrogens is 244 g/mol. The van der Waals surface area contributed by atoms with Crippen LogP contribution in [0, 0.1) is 6.92 Å². The zero-order valence-electron chi connectivity index (χ0n) is 10.1. The fourth-order valence-corrected chi connectivity index (χ4v) is 1.97. The van der Waals surface area contributed by atoms with Crippen molar-refractivity contribution in [3.05, 3.63) is 48.3 Å². The highest BCUT2D eigenvalue weighted by Gasteiger charge is 2.10. The molecule has 0 saturated carbocycles. The van der Waals surface area contributed by atoms with E-state index in [1.165, 1.54) is 12.4 Å². The lowest BCUT2D eigenvalue weighted by molar-refractivity contribution is 0.0697. The van der Waals surface area contributed by atoms with E-state index in [4.69, 9.17) is 5.11 Å². The molecule has 0 bridgehead atoms. The normalized spacial score (nSPS) is 10.8. The molecule has 0 aliphatic heterocycles. The fourth-order valence-electron chi connectivity index (χ4n) is 1.97. The Morgan fingerprint density at radius 2 is 2.11 bits per heavy atom. The minimum atomic E-state index is -0.971. The largest absolute Gasteiger partial charge is 0.478 e. The van der Waals surface area contributed by atoms with Crippen LogP contribution in [0.3, 0.4) is 0 Å². The van der Waals surface area contributed by atoms with E-state index in [1.807, 2.05) is 17.7 Å². The van der Waals surface area contributed by atoms with Gasteiger partial charge in [0, 0.05) is 17.8 Å². The highest BCUT2D eigenvalue weighted by molar-refractivity contribution is 5.94. The number of fused-ring (bicyclic) bond motifs is 1. The van der Waals surface area contributed by atoms with Crippen LogP contribution in [0.15, 0.2) is 36.9 Å². The number of hydrogen-bond donors (Lipinski definition) is 1. The van der Waals surface area contributed by atoms with Crippen molar-refractivity contribution in [2.45, 2.75) is 6.92 Å². The third-order valence-corrected chi connectivity index (χ3v) is 2.92. The molecule has 0 fully saturated rings. The van der Waals surface area contributed by atoms with E-state index in [0.717, 1.165) is 11.2 Å². The Bertz CT molecular complexity index is 779. The molecule has 1 N–H and O–H groups in total. The van der Waals surface area contributed by atoms with E-state index in [9.17, 15) is 4.79 Å². The third-order valence-electron chi connectivity index (χ3n) is 2.92. The van der Waals surface area contributed by atoms with Gasteiger partial charge < -0.3 is 5.11 Å². The Balaban J connectivity index is 2.28. The van der Waals surface area contributed by atoms with Gasteiger partial charge in [0.1, 0.15) is 18.0 Å². The van der Waals surface area contributed by atoms with Gasteiger partial charge in [0.15, 0.2) is 0 Å². The molecule has 2 aromatic heterocycles. The number of aromatic nitrogens is 4. The van der Waals surface area contributed by atoms with E-state index >= 15 is 0 Å². The molecule has 0 saturated heterocycles. The van der Waals surface area contributed by atoms with Crippen molar-refractivity contribution in [3.63, 3.8) is 0 Å². The van der Waals surface area contributed by atoms with Crippen LogP contribution in [0.5, 0.6) is 0 Å². The molecule has 94 valence electrons. The van der Waals surface area contributed by atoms with Crippen molar-refractivity contribution in [1.82, 2.24) is 19.5 Å². The topological polar surface area (TPSA) is 80.9 Å². The van der Waals surface area contributed by atoms with Gasteiger partial charge >= 0.3 is 5.97 Å². The smallest absolute Gasteiger partial charge is 0.335 e. The first kappa shape index (κ1) is 11.3. The van der Waals surface area contributed by atoms with E-state index < -0.39 is 5.97 Å². The van der Waals surface area contributed by atoms with Crippen molar-refractivity contribution in [1.29, 1.82) is 0 Å². The van der Waals surface area contributed by atoms with Gasteiger partial charge in [0.25, 0.3) is 0 Å². The second-order valence-electron chi connectivity index (χ2n) is 4.08. The van der Waals surface area contributed by atoms with Gasteiger partial charge in [-0.05, 0) is 25.1 Å². The maximum atomic E-state index is 11.0. The minimum Gasteiger partial charge on any atom is -0.478 e. The Morgan fingerprint density at radius 1 is 1.26 bits per heavy atom. The van der Waals surface area contributed by atoms with Crippen LogP contribution in [0.4, 0.5) is 0 Å². The highest BCUT2D eigenvalue weighted by Crippen LogP contribution is 2.20. The maximum absolute atomic E-state index is 11.0. The zero-order chi connectivity index (χ0) is 13.4. The second kappa shape index (κ2) is 4.16. The molecular formula is C13H10N4O2. The molecule has 0 radical (unpaired) electrons. The van der Waals surface area contributed by atoms with Crippen LogP contribution < -0.4 is 0 Å². The van der Waals surface area contributed by atoms with Gasteiger partial charge in [-0.3, -0.25) is 4.57 Å². The van der Waals surface area contributed by atoms with Crippen LogP contribution >= 0.6 is 0 Å². The van der Waals surface area contributed by atoms with Crippen LogP contribution in [0.1, 0.15) is 16.2 Å². The lowest BCUT2D eigenvalue weighted by atomic mass is 10.1. The number of nitrogens with zero attached hydrogens (tertiary/aromatic N) is 4. The molecule has 3 rings (SSSR count). The predicted molar refractivity (Wildman–Crippen MR) is 68.4 cm³/mol. The molecule has 0 spiro atoms. The summed E-state index contributed by atoms with van der Waals surface area (Å²) in [6.07, 6.45) is 4.92. The Hall–Kier alpha value is -2.76. The van der Waals surface area contributed by atoms with Crippen LogP contribution in [0.25, 0.3) is 16.7 Å². The van der Waals surface area contributed by atoms with Gasteiger partial charge in [-0.25, -0.2) is 19.7 Å². The molecule has 6 heteroatoms. The molecule has 3 aromatic rings. The van der Waals surface area contributed by atoms with Crippen molar-refractivity contribution >= 4 is 16.9 Å². The van der Waals surface area contributed by atoms with Crippen molar-refractivity contribution in [2.75, 3.05) is 0 Å². The Morgan fingerprint density at radius 3 is 2.79 bits per heavy atom. The average Bonchev–Trinajstić information content (AvgIpc) is 2.83. The summed E-state index contributed by atoms with van der Waals surface area (Å²) < 4.78 is 1.84. The second-order valence-corrected chi connectivity index (χ2v) is 4.08. The molecule has 0 aliphatic carbocycles. The molecule has 2 heterocycles. The predicted octanol–water partition coefficient (Wildman–Crippen LogP) is 1.82. The van der Waals surface area contributed by atoms with Crippen LogP contribution in [-0.4, -0.2) is 30.6 Å². The molecule has 6 nitrogen and oxygen atoms in total. The van der Waals surface area contributed by atoms with Gasteiger partial charge in [-0.15, -0.1) is 0 Å². The van der Waals surface area contributed by atoms with Gasteiger partial charge in [0.2, 0.25) is 0 Å². The van der Waals surface area contributed by atoms with Gasteiger partial charge in [0.05, 0.1) is 11.1 Å². The number of rotatable bonds is 2. The molecule has 0 atom stereocenters. The Kier molecular flexibility index (Phi) is 2.49. The number of benzene rings is 1. The molecule has 0 aliphatic rings. The SMILES string of the molecule is Cc1nccn1-c1ncnc2cc(C(=O)O)ccc12. The summed E-state index contributed by atoms with van der Waals surface area (Å²) in [4.78, 5) is 23.5. The molecule has 1 aromatic carbocycles. The van der Waals surface area contributed by atoms with Crippen molar-refractivity contribution in [3.8, 4) is 5.82 Å². The summed E-state index contributed by atoms with van der Waals surface area (Å²) in [7, 11) is 0. The van der Waals surface area contributed by atoms with Crippen LogP contribution in [-0.2, 0) is 0 Å². The first-order valence-corrected chi connectivity index (χ1v) is 5.65. The zero-order valence-corrected chi connectivity index (χ0v) is 10.1. The quantitative estimate of drug-likeness (QED) is 0.754. The first-order chi connectivity index (χ1) is 9.16. The lowest BCUT2D eigenvalue weighted by Gasteiger charge is -2.07. The van der Waals surface area contributed by atoms with Crippen molar-refractivity contribution in [2.24, 2.45) is 0 Å². The number of carboxylic acid groups (broad SMARTS) is 1. The summed E-state index contributed by atoms with van der Waals surface area (Å²) in [5, 5.41) is 9.77. The minimum absolute atomic E-state index is 0.208. The lowest BCUT2D eigenvalue weighted by Crippen LogP contribution is -2.02.